The molecular formula is C8H11NO3. The van der Waals surface area contributed by atoms with Crippen LogP contribution in [-0.4, -0.2) is 17.7 Å². The minimum atomic E-state index is -0.770. The van der Waals surface area contributed by atoms with Crippen LogP contribution in [0.5, 0.6) is 0 Å². The van der Waals surface area contributed by atoms with Crippen LogP contribution in [0.15, 0.2) is 11.8 Å². The van der Waals surface area contributed by atoms with Crippen LogP contribution in [0.25, 0.3) is 0 Å². The molecule has 0 atom stereocenters. The number of carbonyl (C=O) groups is 1. The molecular weight excluding hydrogens is 158 g/mol. The van der Waals surface area contributed by atoms with Gasteiger partial charge in [0.15, 0.2) is 5.57 Å². The van der Waals surface area contributed by atoms with Crippen LogP contribution >= 0.6 is 0 Å². The monoisotopic (exact) mass is 169 g/mol. The largest absolute Gasteiger partial charge is 0.514 e. The van der Waals surface area contributed by atoms with E-state index in [0.29, 0.717) is 6.26 Å². The van der Waals surface area contributed by atoms with Crippen molar-refractivity contribution in [1.29, 1.82) is 5.26 Å². The molecule has 0 aliphatic rings. The lowest BCUT2D eigenvalue weighted by Gasteiger charge is -2.00. The molecule has 0 radical (unpaired) electrons. The van der Waals surface area contributed by atoms with E-state index in [4.69, 9.17) is 10.4 Å². The van der Waals surface area contributed by atoms with Gasteiger partial charge in [0, 0.05) is 0 Å². The fourth-order valence-corrected chi connectivity index (χ4v) is 0.514. The molecule has 0 amide bonds. The minimum Gasteiger partial charge on any atom is -0.514 e. The van der Waals surface area contributed by atoms with E-state index in [1.54, 1.807) is 0 Å². The molecule has 66 valence electrons. The fourth-order valence-electron chi connectivity index (χ4n) is 0.514. The van der Waals surface area contributed by atoms with Crippen molar-refractivity contribution in [2.75, 3.05) is 6.61 Å². The van der Waals surface area contributed by atoms with Gasteiger partial charge < -0.3 is 9.84 Å². The van der Waals surface area contributed by atoms with Crippen LogP contribution in [0.1, 0.15) is 19.8 Å². The van der Waals surface area contributed by atoms with E-state index in [2.05, 4.69) is 4.74 Å². The Morgan fingerprint density at radius 1 is 1.75 bits per heavy atom. The average Bonchev–Trinajstić information content (AvgIpc) is 2.07. The first-order valence-electron chi connectivity index (χ1n) is 3.67. The molecule has 12 heavy (non-hydrogen) atoms. The topological polar surface area (TPSA) is 70.3 Å². The molecule has 0 aromatic rings. The molecule has 0 unspecified atom stereocenters. The van der Waals surface area contributed by atoms with Crippen molar-refractivity contribution in [3.05, 3.63) is 11.8 Å². The van der Waals surface area contributed by atoms with E-state index >= 15 is 0 Å². The molecule has 4 heteroatoms. The van der Waals surface area contributed by atoms with E-state index in [1.165, 1.54) is 6.07 Å². The molecule has 0 spiro atoms. The zero-order chi connectivity index (χ0) is 9.40. The van der Waals surface area contributed by atoms with Gasteiger partial charge in [-0.2, -0.15) is 5.26 Å². The van der Waals surface area contributed by atoms with Crippen molar-refractivity contribution >= 4 is 5.97 Å². The third-order valence-electron chi connectivity index (χ3n) is 1.20. The number of hydrogen-bond acceptors (Lipinski definition) is 4. The van der Waals surface area contributed by atoms with Crippen molar-refractivity contribution in [2.24, 2.45) is 0 Å². The summed E-state index contributed by atoms with van der Waals surface area (Å²) in [6, 6.07) is 1.51. The zero-order valence-electron chi connectivity index (χ0n) is 6.91. The first-order valence-corrected chi connectivity index (χ1v) is 3.67. The second-order valence-electron chi connectivity index (χ2n) is 2.14. The number of aliphatic hydroxyl groups is 1. The van der Waals surface area contributed by atoms with E-state index < -0.39 is 5.97 Å². The maximum Gasteiger partial charge on any atom is 0.352 e. The summed E-state index contributed by atoms with van der Waals surface area (Å²) in [6.45, 7) is 2.25. The lowest BCUT2D eigenvalue weighted by molar-refractivity contribution is -0.138. The average molecular weight is 169 g/mol. The summed E-state index contributed by atoms with van der Waals surface area (Å²) in [5, 5.41) is 16.6. The highest BCUT2D eigenvalue weighted by Crippen LogP contribution is 1.96. The number of aliphatic hydroxyl groups excluding tert-OH is 1. The number of rotatable bonds is 4. The fraction of sp³-hybridized carbons (Fsp3) is 0.500. The molecule has 0 fully saturated rings. The molecule has 4 nitrogen and oxygen atoms in total. The zero-order valence-corrected chi connectivity index (χ0v) is 6.91. The summed E-state index contributed by atoms with van der Waals surface area (Å²) in [6.07, 6.45) is 2.13. The summed E-state index contributed by atoms with van der Waals surface area (Å²) in [4.78, 5) is 10.8. The number of unbranched alkanes of at least 4 members (excludes halogenated alkanes) is 1. The molecule has 0 aromatic heterocycles. The smallest absolute Gasteiger partial charge is 0.352 e. The lowest BCUT2D eigenvalue weighted by Crippen LogP contribution is -2.07. The van der Waals surface area contributed by atoms with E-state index in [0.717, 1.165) is 12.8 Å². The molecule has 0 aliphatic carbocycles. The van der Waals surface area contributed by atoms with Crippen LogP contribution in [0.2, 0.25) is 0 Å². The van der Waals surface area contributed by atoms with Gasteiger partial charge >= 0.3 is 5.97 Å². The Kier molecular flexibility index (Phi) is 5.45. The van der Waals surface area contributed by atoms with Crippen molar-refractivity contribution < 1.29 is 14.6 Å². The summed E-state index contributed by atoms with van der Waals surface area (Å²) in [5.41, 5.74) is -0.369. The van der Waals surface area contributed by atoms with Gasteiger partial charge in [-0.3, -0.25) is 0 Å². The highest BCUT2D eigenvalue weighted by atomic mass is 16.5. The molecule has 0 rings (SSSR count). The number of nitriles is 1. The van der Waals surface area contributed by atoms with Crippen molar-refractivity contribution in [3.8, 4) is 6.07 Å². The van der Waals surface area contributed by atoms with Gasteiger partial charge in [0.25, 0.3) is 0 Å². The molecule has 1 N–H and O–H groups in total. The van der Waals surface area contributed by atoms with E-state index in [1.807, 2.05) is 6.92 Å². The number of ether oxygens (including phenoxy) is 1. The van der Waals surface area contributed by atoms with Crippen LogP contribution in [0.3, 0.4) is 0 Å². The first kappa shape index (κ1) is 10.5. The molecule has 0 aromatic carbocycles. The third kappa shape index (κ3) is 3.62. The van der Waals surface area contributed by atoms with Gasteiger partial charge in [0.2, 0.25) is 0 Å². The van der Waals surface area contributed by atoms with E-state index in [9.17, 15) is 4.79 Å². The SMILES string of the molecule is CCCCOC(=O)/C(C#N)=C\O. The van der Waals surface area contributed by atoms with Gasteiger partial charge in [-0.15, -0.1) is 0 Å². The second-order valence-corrected chi connectivity index (χ2v) is 2.14. The summed E-state index contributed by atoms with van der Waals surface area (Å²) < 4.78 is 4.64. The van der Waals surface area contributed by atoms with Crippen LogP contribution in [-0.2, 0) is 9.53 Å². The summed E-state index contributed by atoms with van der Waals surface area (Å²) >= 11 is 0. The van der Waals surface area contributed by atoms with Gasteiger partial charge in [0.1, 0.15) is 12.3 Å². The Balaban J connectivity index is 3.81. The number of nitrogens with zero attached hydrogens (tertiary/aromatic N) is 1. The molecule has 0 heterocycles. The molecule has 0 aliphatic heterocycles. The van der Waals surface area contributed by atoms with Crippen molar-refractivity contribution in [2.45, 2.75) is 19.8 Å². The van der Waals surface area contributed by atoms with Gasteiger partial charge in [-0.25, -0.2) is 4.79 Å². The predicted octanol–water partition coefficient (Wildman–Crippen LogP) is 1.30. The number of carbonyl (C=O) groups excluding carboxylic acids is 1. The predicted molar refractivity (Wildman–Crippen MR) is 42.2 cm³/mol. The standard InChI is InChI=1S/C8H11NO3/c1-2-3-4-12-8(11)7(5-9)6-10/h6,10H,2-4H2,1H3/b7-6-. The molecule has 0 bridgehead atoms. The number of esters is 1. The lowest BCUT2D eigenvalue weighted by atomic mass is 10.3. The van der Waals surface area contributed by atoms with Crippen LogP contribution in [0, 0.1) is 11.3 Å². The highest BCUT2D eigenvalue weighted by Gasteiger charge is 2.09. The Hall–Kier alpha value is -1.50. The summed E-state index contributed by atoms with van der Waals surface area (Å²) in [5.74, 6) is -0.770. The normalized spacial score (nSPS) is 10.5. The van der Waals surface area contributed by atoms with Crippen LogP contribution in [0.4, 0.5) is 0 Å². The Labute approximate surface area is 71.1 Å². The van der Waals surface area contributed by atoms with Gasteiger partial charge in [-0.1, -0.05) is 13.3 Å². The van der Waals surface area contributed by atoms with Crippen LogP contribution < -0.4 is 0 Å². The highest BCUT2D eigenvalue weighted by molar-refractivity contribution is 5.92. The Bertz CT molecular complexity index is 215. The quantitative estimate of drug-likeness (QED) is 0.226. The minimum absolute atomic E-state index is 0.286. The maximum atomic E-state index is 10.8. The van der Waals surface area contributed by atoms with Gasteiger partial charge in [-0.05, 0) is 6.42 Å². The second kappa shape index (κ2) is 6.23. The molecule has 0 saturated heterocycles. The Morgan fingerprint density at radius 2 is 2.42 bits per heavy atom. The Morgan fingerprint density at radius 3 is 2.83 bits per heavy atom. The van der Waals surface area contributed by atoms with Gasteiger partial charge in [0.05, 0.1) is 6.61 Å². The van der Waals surface area contributed by atoms with Crippen molar-refractivity contribution in [3.63, 3.8) is 0 Å². The first-order chi connectivity index (χ1) is 5.76. The maximum absolute atomic E-state index is 10.8. The molecule has 0 saturated carbocycles. The third-order valence-corrected chi connectivity index (χ3v) is 1.20. The summed E-state index contributed by atoms with van der Waals surface area (Å²) in [7, 11) is 0. The number of hydrogen-bond donors (Lipinski definition) is 1. The van der Waals surface area contributed by atoms with E-state index in [-0.39, 0.29) is 12.2 Å². The van der Waals surface area contributed by atoms with Crippen molar-refractivity contribution in [1.82, 2.24) is 0 Å².